The van der Waals surface area contributed by atoms with Crippen molar-refractivity contribution >= 4 is 78.1 Å². The van der Waals surface area contributed by atoms with Gasteiger partial charge in [0.2, 0.25) is 11.8 Å². The summed E-state index contributed by atoms with van der Waals surface area (Å²) in [5.41, 5.74) is -1.92. The van der Waals surface area contributed by atoms with E-state index in [9.17, 15) is 41.9 Å². The third kappa shape index (κ3) is 7.32. The summed E-state index contributed by atoms with van der Waals surface area (Å²) in [7, 11) is 1.37. The predicted octanol–water partition coefficient (Wildman–Crippen LogP) is 6.91. The largest absolute Gasteiger partial charge is 0.435 e. The Morgan fingerprint density at radius 2 is 1.43 bits per heavy atom. The monoisotopic (exact) mass is 910 g/mol. The van der Waals surface area contributed by atoms with Gasteiger partial charge in [-0.25, -0.2) is 9.59 Å². The number of hydrogen-bond acceptors (Lipinski definition) is 9. The number of carbonyl (C=O) groups is 2. The Morgan fingerprint density at radius 3 is 2.11 bits per heavy atom. The lowest BCUT2D eigenvalue weighted by atomic mass is 9.92. The van der Waals surface area contributed by atoms with Crippen LogP contribution in [0.4, 0.5) is 13.2 Å². The van der Waals surface area contributed by atoms with Crippen molar-refractivity contribution in [1.29, 1.82) is 0 Å². The van der Waals surface area contributed by atoms with Crippen molar-refractivity contribution in [3.63, 3.8) is 0 Å². The smallest absolute Gasteiger partial charge is 0.356 e. The second kappa shape index (κ2) is 15.3. The number of rotatable bonds is 6. The number of amides is 2. The molecule has 2 saturated heterocycles. The van der Waals surface area contributed by atoms with E-state index in [2.05, 4.69) is 25.7 Å². The highest BCUT2D eigenvalue weighted by Crippen LogP contribution is 2.45. The second-order valence-corrected chi connectivity index (χ2v) is 17.9. The van der Waals surface area contributed by atoms with Crippen molar-refractivity contribution in [2.24, 2.45) is 7.05 Å². The third-order valence-corrected chi connectivity index (χ3v) is 13.9. The van der Waals surface area contributed by atoms with E-state index in [1.807, 2.05) is 0 Å². The number of nitrogens with zero attached hydrogens (tertiary/aromatic N) is 4. The van der Waals surface area contributed by atoms with E-state index in [4.69, 9.17) is 23.2 Å². The average molecular weight is 912 g/mol. The van der Waals surface area contributed by atoms with E-state index < -0.39 is 58.4 Å². The zero-order chi connectivity index (χ0) is 43.1. The van der Waals surface area contributed by atoms with Crippen LogP contribution in [0.2, 0.25) is 10.0 Å². The molecule has 61 heavy (non-hydrogen) atoms. The minimum absolute atomic E-state index is 0.0145. The van der Waals surface area contributed by atoms with Crippen LogP contribution in [0.5, 0.6) is 0 Å². The van der Waals surface area contributed by atoms with E-state index in [0.717, 1.165) is 36.5 Å². The van der Waals surface area contributed by atoms with Gasteiger partial charge in [-0.2, -0.15) is 18.3 Å². The number of aromatic amines is 2. The fourth-order valence-corrected chi connectivity index (χ4v) is 11.2. The minimum Gasteiger partial charge on any atom is -0.356 e. The first kappa shape index (κ1) is 40.6. The van der Waals surface area contributed by atoms with E-state index in [-0.39, 0.29) is 62.1 Å². The van der Waals surface area contributed by atoms with Crippen molar-refractivity contribution in [2.75, 3.05) is 6.54 Å². The van der Waals surface area contributed by atoms with E-state index in [1.165, 1.54) is 37.5 Å². The molecule has 0 spiro atoms. The highest BCUT2D eigenvalue weighted by atomic mass is 35.5. The first-order chi connectivity index (χ1) is 29.0. The number of benzene rings is 2. The quantitative estimate of drug-likeness (QED) is 0.140. The Hall–Kier alpha value is -5.76. The molecule has 0 radical (unpaired) electrons. The van der Waals surface area contributed by atoms with Crippen LogP contribution in [0, 0.1) is 0 Å². The maximum atomic E-state index is 14.1. The number of hydrogen-bond donors (Lipinski definition) is 4. The molecule has 2 aliphatic heterocycles. The number of piperidine rings is 1. The predicted molar refractivity (Wildman–Crippen MR) is 227 cm³/mol. The van der Waals surface area contributed by atoms with Crippen LogP contribution < -0.4 is 33.1 Å². The lowest BCUT2D eigenvalue weighted by Gasteiger charge is -2.31. The molecule has 2 unspecified atom stereocenters. The van der Waals surface area contributed by atoms with Gasteiger partial charge in [0.15, 0.2) is 5.69 Å². The topological polar surface area (TPSA) is 186 Å². The molecule has 0 saturated carbocycles. The number of aryl methyl sites for hydroxylation is 1. The van der Waals surface area contributed by atoms with Crippen molar-refractivity contribution in [1.82, 2.24) is 39.5 Å². The van der Waals surface area contributed by atoms with E-state index in [0.29, 0.717) is 50.5 Å². The summed E-state index contributed by atoms with van der Waals surface area (Å²) in [5.74, 6) is -0.654. The van der Waals surface area contributed by atoms with Gasteiger partial charge < -0.3 is 20.6 Å². The second-order valence-electron chi connectivity index (χ2n) is 14.9. The molecule has 0 bridgehead atoms. The summed E-state index contributed by atoms with van der Waals surface area (Å²) in [6.07, 6.45) is -2.46. The number of alkyl halides is 3. The molecular formula is C40H31Cl2F3N8O6S2. The molecule has 5 aromatic heterocycles. The van der Waals surface area contributed by atoms with Crippen LogP contribution in [-0.2, 0) is 22.8 Å². The Labute approximate surface area is 358 Å². The summed E-state index contributed by atoms with van der Waals surface area (Å²) in [6.45, 7) is 0.470. The minimum atomic E-state index is -4.77. The number of H-pyrrole nitrogens is 2. The Kier molecular flexibility index (Phi) is 10.2. The molecule has 7 aromatic rings. The van der Waals surface area contributed by atoms with E-state index in [1.54, 1.807) is 24.3 Å². The molecule has 2 amide bonds. The van der Waals surface area contributed by atoms with Gasteiger partial charge in [-0.05, 0) is 54.7 Å². The zero-order valence-corrected chi connectivity index (χ0v) is 34.8. The van der Waals surface area contributed by atoms with Gasteiger partial charge in [0, 0.05) is 69.1 Å². The summed E-state index contributed by atoms with van der Waals surface area (Å²) >= 11 is 15.5. The van der Waals surface area contributed by atoms with Gasteiger partial charge in [0.25, 0.3) is 11.1 Å². The van der Waals surface area contributed by atoms with Crippen LogP contribution >= 0.6 is 45.9 Å². The zero-order valence-electron chi connectivity index (χ0n) is 31.6. The summed E-state index contributed by atoms with van der Waals surface area (Å²) in [4.78, 5) is 86.2. The molecular weight excluding hydrogens is 881 g/mol. The first-order valence-electron chi connectivity index (χ1n) is 18.9. The molecule has 2 aliphatic rings. The number of fused-ring (bicyclic) bond motifs is 2. The highest BCUT2D eigenvalue weighted by molar-refractivity contribution is 7.22. The fraction of sp³-hybridized carbons (Fsp3) is 0.275. The molecule has 9 rings (SSSR count). The number of thiophene rings is 2. The third-order valence-electron chi connectivity index (χ3n) is 11.0. The van der Waals surface area contributed by atoms with Crippen molar-refractivity contribution < 1.29 is 22.8 Å². The van der Waals surface area contributed by atoms with Crippen LogP contribution in [0.25, 0.3) is 52.4 Å². The summed E-state index contributed by atoms with van der Waals surface area (Å²) in [5, 5.41) is 9.69. The molecule has 3 atom stereocenters. The van der Waals surface area contributed by atoms with Gasteiger partial charge in [-0.15, -0.1) is 22.7 Å². The number of halogens is 5. The van der Waals surface area contributed by atoms with Crippen molar-refractivity contribution in [2.45, 2.75) is 56.4 Å². The summed E-state index contributed by atoms with van der Waals surface area (Å²) < 4.78 is 45.6. The maximum Gasteiger partial charge on any atom is 0.435 e. The molecule has 2 aromatic carbocycles. The SMILES string of the molecule is Cn1cc(-c2cccc(Cl)c2-c2cc3[nH]c(=O)n(C4CC(=O)NC(c5ccc(-c6cc7[nH]c(=O)n([C@H]8CCCNC(=O)C8)c(=O)c7s6)c(Cl)c5)C4)c(=O)c3s2)c(C(F)(F)F)n1. The van der Waals surface area contributed by atoms with Gasteiger partial charge in [0.05, 0.1) is 29.2 Å². The fourth-order valence-electron chi connectivity index (χ4n) is 8.27. The van der Waals surface area contributed by atoms with Crippen LogP contribution in [0.15, 0.2) is 73.9 Å². The van der Waals surface area contributed by atoms with E-state index >= 15 is 0 Å². The molecule has 0 aliphatic carbocycles. The molecule has 21 heteroatoms. The maximum absolute atomic E-state index is 14.1. The summed E-state index contributed by atoms with van der Waals surface area (Å²) in [6, 6.07) is 10.6. The van der Waals surface area contributed by atoms with Gasteiger partial charge in [0.1, 0.15) is 9.40 Å². The van der Waals surface area contributed by atoms with Crippen LogP contribution in [0.1, 0.15) is 61.5 Å². The first-order valence-corrected chi connectivity index (χ1v) is 21.3. The molecule has 7 heterocycles. The standard InChI is InChI=1S/C40H31Cl2F3N8O6S2/c1-51-16-22(35(50-51)40(43,44)45)20-5-2-6-23(41)32(20)29-15-27-34(61-29)37(57)53(39(59)49-27)19-11-25(47-31(55)13-19)17-7-8-21(24(42)10-17)28-14-26-33(60-28)36(56)52(38(58)48-26)18-4-3-9-46-30(54)12-18/h2,5-8,10,14-16,18-19,25H,3-4,9,11-13H2,1H3,(H,46,54)(H,47,55)(H,48,58)(H,49,59)/t18-,19?,25?/m0/s1. The number of carbonyl (C=O) groups excluding carboxylic acids is 2. The molecule has 4 N–H and O–H groups in total. The average Bonchev–Trinajstić information content (AvgIpc) is 3.89. The normalized spacial score (nSPS) is 18.7. The Morgan fingerprint density at radius 1 is 0.770 bits per heavy atom. The van der Waals surface area contributed by atoms with Crippen LogP contribution in [0.3, 0.4) is 0 Å². The highest BCUT2D eigenvalue weighted by Gasteiger charge is 2.38. The molecule has 2 fully saturated rings. The lowest BCUT2D eigenvalue weighted by molar-refractivity contribution is -0.141. The van der Waals surface area contributed by atoms with Gasteiger partial charge in [-0.3, -0.25) is 33.0 Å². The molecule has 314 valence electrons. The van der Waals surface area contributed by atoms with Crippen molar-refractivity contribution in [3.8, 4) is 32.0 Å². The lowest BCUT2D eigenvalue weighted by Crippen LogP contribution is -2.45. The Balaban J connectivity index is 1.02. The molecule has 14 nitrogen and oxygen atoms in total. The van der Waals surface area contributed by atoms with Gasteiger partial charge >= 0.3 is 17.6 Å². The van der Waals surface area contributed by atoms with Crippen molar-refractivity contribution in [3.05, 3.63) is 118 Å². The van der Waals surface area contributed by atoms with Crippen LogP contribution in [-0.4, -0.2) is 47.2 Å². The number of aromatic nitrogens is 6. The Bertz CT molecular complexity index is 3220. The number of nitrogens with one attached hydrogen (secondary N) is 4. The van der Waals surface area contributed by atoms with Gasteiger partial charge in [-0.1, -0.05) is 47.5 Å².